The van der Waals surface area contributed by atoms with Gasteiger partial charge in [-0.1, -0.05) is 88.0 Å². The molecule has 49 heavy (non-hydrogen) atoms. The van der Waals surface area contributed by atoms with Crippen molar-refractivity contribution in [2.45, 2.75) is 210 Å². The lowest BCUT2D eigenvalue weighted by Crippen LogP contribution is -2.30. The maximum absolute atomic E-state index is 10.8. The second kappa shape index (κ2) is 29.8. The van der Waals surface area contributed by atoms with Crippen molar-refractivity contribution in [1.29, 1.82) is 0 Å². The van der Waals surface area contributed by atoms with Gasteiger partial charge < -0.3 is 19.7 Å². The maximum Gasteiger partial charge on any atom is 0.129 e. The highest BCUT2D eigenvalue weighted by atomic mass is 35.5. The number of ketones is 1. The van der Waals surface area contributed by atoms with Crippen molar-refractivity contribution >= 4 is 41.1 Å². The predicted molar refractivity (Wildman–Crippen MR) is 214 cm³/mol. The van der Waals surface area contributed by atoms with Crippen LogP contribution in [0.1, 0.15) is 181 Å². The Morgan fingerprint density at radius 3 is 1.67 bits per heavy atom. The molecular weight excluding hydrogens is 683 g/mol. The molecule has 4 N–H and O–H groups in total. The van der Waals surface area contributed by atoms with Crippen LogP contribution < -0.4 is 0 Å². The van der Waals surface area contributed by atoms with Gasteiger partial charge in [0.15, 0.2) is 0 Å². The minimum atomic E-state index is -0.465. The van der Waals surface area contributed by atoms with Crippen LogP contribution in [0.15, 0.2) is 0 Å². The SMILES string of the molecule is CC(=O)CCC(C(C)C)C(C)Cl.CC(C)C1CCC(C)(O)C1C.CCC(C)C1CCC(C)(C)O1.CCC(C)CCCC(C)(C)O.OCl.OCl. The minimum absolute atomic E-state index is 0.147. The zero-order valence-electron chi connectivity index (χ0n) is 34.7. The first-order valence-corrected chi connectivity index (χ1v) is 20.1. The van der Waals surface area contributed by atoms with Gasteiger partial charge in [-0.05, 0) is 128 Å². The van der Waals surface area contributed by atoms with Gasteiger partial charge in [0.2, 0.25) is 0 Å². The Bertz CT molecular complexity index is 760. The third kappa shape index (κ3) is 29.5. The average molecular weight is 766 g/mol. The number of carbonyl (C=O) groups is 1. The molecule has 1 aliphatic heterocycles. The molecule has 2 fully saturated rings. The van der Waals surface area contributed by atoms with Crippen LogP contribution in [0.3, 0.4) is 0 Å². The molecule has 0 aromatic carbocycles. The van der Waals surface area contributed by atoms with Crippen molar-refractivity contribution in [2.75, 3.05) is 0 Å². The third-order valence-electron chi connectivity index (χ3n) is 10.7. The minimum Gasteiger partial charge on any atom is -0.390 e. The van der Waals surface area contributed by atoms with Crippen LogP contribution in [0.25, 0.3) is 0 Å². The number of alkyl halides is 1. The Hall–Kier alpha value is 0.340. The van der Waals surface area contributed by atoms with Crippen LogP contribution in [-0.4, -0.2) is 53.6 Å². The van der Waals surface area contributed by atoms with E-state index < -0.39 is 11.2 Å². The van der Waals surface area contributed by atoms with Crippen LogP contribution in [0, 0.1) is 41.4 Å². The molecule has 1 saturated carbocycles. The van der Waals surface area contributed by atoms with Crippen molar-refractivity contribution in [2.24, 2.45) is 41.4 Å². The van der Waals surface area contributed by atoms with E-state index in [1.54, 1.807) is 6.92 Å². The fourth-order valence-electron chi connectivity index (χ4n) is 6.54. The molecule has 0 spiro atoms. The summed E-state index contributed by atoms with van der Waals surface area (Å²) in [6.45, 7) is 33.8. The second-order valence-electron chi connectivity index (χ2n) is 17.0. The standard InChI is InChI=1S/C10H19ClO.2C10H20O.C10H22O.2ClHO/c1-7(2)10(9(4)11)6-5-8(3)12;1-7(2)9-5-6-10(4,11)8(9)3;1-5-8(2)9-6-7-10(3,4)11-9;1-5-9(2)7-6-8-10(3,4)11;2*1-2/h7,9-10H,5-6H2,1-4H3;7-9,11H,5-6H2,1-4H3;8-9H,5-7H2,1-4H3;9,11H,5-8H2,1-4H3;2*2H. The summed E-state index contributed by atoms with van der Waals surface area (Å²) >= 11 is 13.3. The fourth-order valence-corrected chi connectivity index (χ4v) is 6.96. The lowest BCUT2D eigenvalue weighted by atomic mass is 9.83. The summed E-state index contributed by atoms with van der Waals surface area (Å²) in [6, 6.07) is 0. The van der Waals surface area contributed by atoms with Gasteiger partial charge >= 0.3 is 0 Å². The van der Waals surface area contributed by atoms with E-state index in [9.17, 15) is 15.0 Å². The summed E-state index contributed by atoms with van der Waals surface area (Å²) in [5, 5.41) is 19.5. The van der Waals surface area contributed by atoms with Gasteiger partial charge in [-0.2, -0.15) is 0 Å². The van der Waals surface area contributed by atoms with Gasteiger partial charge in [0.05, 0.1) is 46.6 Å². The highest BCUT2D eigenvalue weighted by Gasteiger charge is 2.41. The molecule has 2 rings (SSSR count). The van der Waals surface area contributed by atoms with Crippen molar-refractivity contribution in [3.8, 4) is 0 Å². The van der Waals surface area contributed by atoms with Gasteiger partial charge in [0.1, 0.15) is 5.78 Å². The Morgan fingerprint density at radius 2 is 1.41 bits per heavy atom. The van der Waals surface area contributed by atoms with E-state index in [0.29, 0.717) is 30.3 Å². The molecule has 9 heteroatoms. The van der Waals surface area contributed by atoms with Crippen LogP contribution in [-0.2, 0) is 9.53 Å². The van der Waals surface area contributed by atoms with E-state index >= 15 is 0 Å². The Balaban J connectivity index is -0.000000266. The average Bonchev–Trinajstić information content (AvgIpc) is 3.51. The van der Waals surface area contributed by atoms with Crippen LogP contribution >= 0.6 is 35.3 Å². The van der Waals surface area contributed by atoms with Gasteiger partial charge in [-0.15, -0.1) is 11.6 Å². The molecule has 0 aromatic rings. The largest absolute Gasteiger partial charge is 0.390 e. The Morgan fingerprint density at radius 1 is 0.898 bits per heavy atom. The lowest BCUT2D eigenvalue weighted by Gasteiger charge is -2.27. The maximum atomic E-state index is 10.8. The summed E-state index contributed by atoms with van der Waals surface area (Å²) in [4.78, 5) is 10.8. The van der Waals surface area contributed by atoms with E-state index in [2.05, 4.69) is 99.9 Å². The smallest absolute Gasteiger partial charge is 0.129 e. The first kappa shape index (κ1) is 56.1. The quantitative estimate of drug-likeness (QED) is 0.139. The number of ether oxygens (including phenoxy) is 1. The van der Waals surface area contributed by atoms with Crippen molar-refractivity contribution in [3.05, 3.63) is 0 Å². The number of rotatable bonds is 13. The van der Waals surface area contributed by atoms with E-state index in [0.717, 1.165) is 49.4 Å². The van der Waals surface area contributed by atoms with Crippen molar-refractivity contribution < 1.29 is 29.1 Å². The fraction of sp³-hybridized carbons (Fsp3) is 0.975. The van der Waals surface area contributed by atoms with E-state index in [1.807, 2.05) is 27.7 Å². The molecule has 2 aliphatic rings. The highest BCUT2D eigenvalue weighted by Crippen LogP contribution is 2.43. The van der Waals surface area contributed by atoms with Crippen LogP contribution in [0.5, 0.6) is 0 Å². The number of carbonyl (C=O) groups excluding carboxylic acids is 1. The lowest BCUT2D eigenvalue weighted by molar-refractivity contribution is -0.117. The van der Waals surface area contributed by atoms with Gasteiger partial charge in [-0.25, -0.2) is 0 Å². The Labute approximate surface area is 320 Å². The summed E-state index contributed by atoms with van der Waals surface area (Å²) in [5.74, 6) is 4.77. The molecule has 6 nitrogen and oxygen atoms in total. The predicted octanol–water partition coefficient (Wildman–Crippen LogP) is 11.9. The topological polar surface area (TPSA) is 107 Å². The van der Waals surface area contributed by atoms with Crippen molar-refractivity contribution in [3.63, 3.8) is 0 Å². The molecule has 0 amide bonds. The summed E-state index contributed by atoms with van der Waals surface area (Å²) in [5.41, 5.74) is -0.712. The molecule has 0 aromatic heterocycles. The number of hydrogen-bond donors (Lipinski definition) is 4. The molecule has 1 saturated heterocycles. The van der Waals surface area contributed by atoms with Crippen molar-refractivity contribution in [1.82, 2.24) is 0 Å². The molecular formula is C40H83Cl3O6. The molecule has 1 aliphatic carbocycles. The highest BCUT2D eigenvalue weighted by molar-refractivity contribution is 6.20. The molecule has 300 valence electrons. The van der Waals surface area contributed by atoms with Gasteiger partial charge in [0.25, 0.3) is 0 Å². The van der Waals surface area contributed by atoms with Crippen LogP contribution in [0.4, 0.5) is 0 Å². The molecule has 8 unspecified atom stereocenters. The number of hydrogen-bond acceptors (Lipinski definition) is 6. The zero-order valence-corrected chi connectivity index (χ0v) is 37.0. The number of Topliss-reactive ketones (excluding diaryl/α,β-unsaturated/α-hetero) is 1. The van der Waals surface area contributed by atoms with E-state index in [-0.39, 0.29) is 16.8 Å². The zero-order chi connectivity index (χ0) is 39.8. The van der Waals surface area contributed by atoms with E-state index in [4.69, 9.17) is 25.7 Å². The van der Waals surface area contributed by atoms with Gasteiger partial charge in [0, 0.05) is 11.8 Å². The number of halogens is 3. The first-order chi connectivity index (χ1) is 22.4. The second-order valence-corrected chi connectivity index (χ2v) is 17.7. The van der Waals surface area contributed by atoms with E-state index in [1.165, 1.54) is 38.5 Å². The summed E-state index contributed by atoms with van der Waals surface area (Å²) in [7, 11) is 0. The van der Waals surface area contributed by atoms with Crippen LogP contribution in [0.2, 0.25) is 0 Å². The number of aliphatic hydroxyl groups is 2. The normalized spacial score (nSPS) is 25.0. The first-order valence-electron chi connectivity index (χ1n) is 19.0. The molecule has 0 radical (unpaired) electrons. The summed E-state index contributed by atoms with van der Waals surface area (Å²) < 4.78 is 18.8. The monoisotopic (exact) mass is 765 g/mol. The molecule has 0 bridgehead atoms. The molecule has 8 atom stereocenters. The Kier molecular flexibility index (Phi) is 34.1. The summed E-state index contributed by atoms with van der Waals surface area (Å²) in [6.07, 6.45) is 12.6. The third-order valence-corrected chi connectivity index (χ3v) is 11.0. The molecule has 1 heterocycles. The van der Waals surface area contributed by atoms with Gasteiger partial charge in [-0.3, -0.25) is 9.32 Å².